The molecule has 0 saturated carbocycles. The molecule has 2 nitrogen and oxygen atoms in total. The van der Waals surface area contributed by atoms with E-state index in [9.17, 15) is 0 Å². The fourth-order valence-corrected chi connectivity index (χ4v) is 2.03. The van der Waals surface area contributed by atoms with E-state index in [0.717, 1.165) is 13.2 Å². The van der Waals surface area contributed by atoms with Crippen molar-refractivity contribution in [3.8, 4) is 0 Å². The van der Waals surface area contributed by atoms with Gasteiger partial charge < -0.3 is 4.74 Å². The van der Waals surface area contributed by atoms with Crippen LogP contribution in [0.1, 0.15) is 34.1 Å². The van der Waals surface area contributed by atoms with Gasteiger partial charge in [0.15, 0.2) is 0 Å². The van der Waals surface area contributed by atoms with Crippen molar-refractivity contribution in [1.82, 2.24) is 4.90 Å². The summed E-state index contributed by atoms with van der Waals surface area (Å²) in [6.45, 7) is 12.2. The first-order valence-electron chi connectivity index (χ1n) is 5.46. The van der Waals surface area contributed by atoms with Gasteiger partial charge in [0.2, 0.25) is 0 Å². The number of ether oxygens (including phenoxy) is 1. The van der Waals surface area contributed by atoms with Gasteiger partial charge in [0.05, 0.1) is 6.61 Å². The molecule has 13 heavy (non-hydrogen) atoms. The highest BCUT2D eigenvalue weighted by atomic mass is 16.5. The minimum atomic E-state index is 0.613. The molecule has 1 aliphatic rings. The lowest BCUT2D eigenvalue weighted by Crippen LogP contribution is -2.45. The van der Waals surface area contributed by atoms with Gasteiger partial charge in [0.25, 0.3) is 0 Å². The van der Waals surface area contributed by atoms with Crippen LogP contribution in [0, 0.1) is 5.92 Å². The maximum atomic E-state index is 5.61. The second-order valence-corrected chi connectivity index (χ2v) is 4.57. The van der Waals surface area contributed by atoms with Crippen LogP contribution in [-0.4, -0.2) is 36.7 Å². The highest BCUT2D eigenvalue weighted by molar-refractivity contribution is 4.79. The summed E-state index contributed by atoms with van der Waals surface area (Å²) in [6.07, 6.45) is 1.18. The van der Waals surface area contributed by atoms with Crippen molar-refractivity contribution in [3.05, 3.63) is 0 Å². The van der Waals surface area contributed by atoms with Crippen molar-refractivity contribution in [2.75, 3.05) is 19.8 Å². The predicted octanol–water partition coefficient (Wildman–Crippen LogP) is 2.14. The lowest BCUT2D eigenvalue weighted by molar-refractivity contribution is 0.0628. The third-order valence-corrected chi connectivity index (χ3v) is 2.85. The Bertz CT molecular complexity index is 129. The van der Waals surface area contributed by atoms with E-state index < -0.39 is 0 Å². The van der Waals surface area contributed by atoms with Gasteiger partial charge in [-0.1, -0.05) is 13.8 Å². The zero-order chi connectivity index (χ0) is 9.84. The fourth-order valence-electron chi connectivity index (χ4n) is 2.03. The smallest absolute Gasteiger partial charge is 0.0624 e. The molecule has 0 aromatic rings. The minimum Gasteiger partial charge on any atom is -0.380 e. The zero-order valence-corrected chi connectivity index (χ0v) is 9.42. The summed E-state index contributed by atoms with van der Waals surface area (Å²) in [7, 11) is 0. The molecule has 2 heteroatoms. The molecule has 1 fully saturated rings. The Morgan fingerprint density at radius 2 is 1.92 bits per heavy atom. The Balaban J connectivity index is 2.61. The van der Waals surface area contributed by atoms with E-state index >= 15 is 0 Å². The SMILES string of the molecule is CC(C)C1COCCCN1C(C)C. The number of hydrogen-bond donors (Lipinski definition) is 0. The normalized spacial score (nSPS) is 26.8. The fraction of sp³-hybridized carbons (Fsp3) is 1.00. The third-order valence-electron chi connectivity index (χ3n) is 2.85. The maximum absolute atomic E-state index is 5.61. The standard InChI is InChI=1S/C11H23NO/c1-9(2)11-8-13-7-5-6-12(11)10(3)4/h9-11H,5-8H2,1-4H3. The molecule has 0 aromatic heterocycles. The lowest BCUT2D eigenvalue weighted by Gasteiger charge is -2.35. The second-order valence-electron chi connectivity index (χ2n) is 4.57. The molecule has 0 radical (unpaired) electrons. The van der Waals surface area contributed by atoms with Gasteiger partial charge in [-0.15, -0.1) is 0 Å². The van der Waals surface area contributed by atoms with Gasteiger partial charge in [-0.3, -0.25) is 4.90 Å². The Labute approximate surface area is 82.3 Å². The first kappa shape index (κ1) is 11.0. The zero-order valence-electron chi connectivity index (χ0n) is 9.42. The molecule has 0 aromatic carbocycles. The van der Waals surface area contributed by atoms with Crippen LogP contribution in [0.15, 0.2) is 0 Å². The van der Waals surface area contributed by atoms with Crippen LogP contribution in [0.4, 0.5) is 0 Å². The molecule has 0 amide bonds. The van der Waals surface area contributed by atoms with Crippen LogP contribution < -0.4 is 0 Å². The van der Waals surface area contributed by atoms with Gasteiger partial charge in [-0.25, -0.2) is 0 Å². The Kier molecular flexibility index (Phi) is 4.20. The van der Waals surface area contributed by atoms with Crippen LogP contribution in [0.2, 0.25) is 0 Å². The Morgan fingerprint density at radius 3 is 2.46 bits per heavy atom. The number of nitrogens with zero attached hydrogens (tertiary/aromatic N) is 1. The van der Waals surface area contributed by atoms with E-state index in [2.05, 4.69) is 32.6 Å². The molecule has 0 spiro atoms. The highest BCUT2D eigenvalue weighted by Gasteiger charge is 2.25. The molecule has 1 aliphatic heterocycles. The summed E-state index contributed by atoms with van der Waals surface area (Å²) in [5.41, 5.74) is 0. The van der Waals surface area contributed by atoms with Crippen molar-refractivity contribution in [2.45, 2.75) is 46.2 Å². The Hall–Kier alpha value is -0.0800. The maximum Gasteiger partial charge on any atom is 0.0624 e. The van der Waals surface area contributed by atoms with Gasteiger partial charge in [-0.05, 0) is 26.2 Å². The van der Waals surface area contributed by atoms with E-state index in [1.54, 1.807) is 0 Å². The monoisotopic (exact) mass is 185 g/mol. The Morgan fingerprint density at radius 1 is 1.23 bits per heavy atom. The largest absolute Gasteiger partial charge is 0.380 e. The van der Waals surface area contributed by atoms with Gasteiger partial charge >= 0.3 is 0 Å². The predicted molar refractivity (Wildman–Crippen MR) is 55.9 cm³/mol. The molecule has 1 saturated heterocycles. The van der Waals surface area contributed by atoms with Crippen LogP contribution in [-0.2, 0) is 4.74 Å². The van der Waals surface area contributed by atoms with Crippen LogP contribution >= 0.6 is 0 Å². The first-order valence-corrected chi connectivity index (χ1v) is 5.46. The van der Waals surface area contributed by atoms with E-state index in [4.69, 9.17) is 4.74 Å². The highest BCUT2D eigenvalue weighted by Crippen LogP contribution is 2.17. The molecule has 0 N–H and O–H groups in total. The first-order chi connectivity index (χ1) is 6.13. The van der Waals surface area contributed by atoms with Gasteiger partial charge in [-0.2, -0.15) is 0 Å². The summed E-state index contributed by atoms with van der Waals surface area (Å²) in [6, 6.07) is 1.26. The van der Waals surface area contributed by atoms with Gasteiger partial charge in [0.1, 0.15) is 0 Å². The minimum absolute atomic E-state index is 0.613. The lowest BCUT2D eigenvalue weighted by atomic mass is 10.0. The molecule has 1 atom stereocenters. The topological polar surface area (TPSA) is 12.5 Å². The number of hydrogen-bond acceptors (Lipinski definition) is 2. The van der Waals surface area contributed by atoms with Crippen molar-refractivity contribution < 1.29 is 4.74 Å². The molecule has 0 bridgehead atoms. The molecule has 1 rings (SSSR count). The summed E-state index contributed by atoms with van der Waals surface area (Å²) >= 11 is 0. The molecule has 0 aliphatic carbocycles. The summed E-state index contributed by atoms with van der Waals surface area (Å²) in [5, 5.41) is 0. The average Bonchev–Trinajstić information content (AvgIpc) is 2.27. The molecule has 1 heterocycles. The van der Waals surface area contributed by atoms with Gasteiger partial charge in [0, 0.05) is 25.2 Å². The van der Waals surface area contributed by atoms with Crippen LogP contribution in [0.25, 0.3) is 0 Å². The van der Waals surface area contributed by atoms with E-state index in [-0.39, 0.29) is 0 Å². The van der Waals surface area contributed by atoms with Crippen LogP contribution in [0.3, 0.4) is 0 Å². The third kappa shape index (κ3) is 2.96. The molecular formula is C11H23NO. The quantitative estimate of drug-likeness (QED) is 0.653. The van der Waals surface area contributed by atoms with E-state index in [1.165, 1.54) is 13.0 Å². The molecular weight excluding hydrogens is 162 g/mol. The summed E-state index contributed by atoms with van der Waals surface area (Å²) < 4.78 is 5.61. The van der Waals surface area contributed by atoms with Crippen molar-refractivity contribution in [1.29, 1.82) is 0 Å². The van der Waals surface area contributed by atoms with Crippen molar-refractivity contribution in [3.63, 3.8) is 0 Å². The number of rotatable bonds is 2. The van der Waals surface area contributed by atoms with Crippen LogP contribution in [0.5, 0.6) is 0 Å². The average molecular weight is 185 g/mol. The second kappa shape index (κ2) is 4.97. The van der Waals surface area contributed by atoms with Crippen molar-refractivity contribution >= 4 is 0 Å². The molecule has 78 valence electrons. The van der Waals surface area contributed by atoms with E-state index in [0.29, 0.717) is 18.0 Å². The summed E-state index contributed by atoms with van der Waals surface area (Å²) in [4.78, 5) is 2.58. The van der Waals surface area contributed by atoms with E-state index in [1.807, 2.05) is 0 Å². The van der Waals surface area contributed by atoms with Crippen molar-refractivity contribution in [2.24, 2.45) is 5.92 Å². The summed E-state index contributed by atoms with van der Waals surface area (Å²) in [5.74, 6) is 0.695. The molecule has 1 unspecified atom stereocenters.